The van der Waals surface area contributed by atoms with Crippen LogP contribution in [-0.2, 0) is 4.74 Å². The molecule has 0 amide bonds. The van der Waals surface area contributed by atoms with Gasteiger partial charge in [-0.1, -0.05) is 0 Å². The van der Waals surface area contributed by atoms with Crippen molar-refractivity contribution in [2.24, 2.45) is 0 Å². The monoisotopic (exact) mass is 221 g/mol. The molecular weight excluding hydrogens is 202 g/mol. The van der Waals surface area contributed by atoms with Gasteiger partial charge in [0.2, 0.25) is 0 Å². The maximum Gasteiger partial charge on any atom is 0.128 e. The third kappa shape index (κ3) is 2.27. The zero-order valence-electron chi connectivity index (χ0n) is 9.94. The topological polar surface area (TPSA) is 51.4 Å². The lowest BCUT2D eigenvalue weighted by molar-refractivity contribution is 0.0818. The summed E-state index contributed by atoms with van der Waals surface area (Å²) >= 11 is 0. The van der Waals surface area contributed by atoms with E-state index in [2.05, 4.69) is 16.0 Å². The first-order valence-electron chi connectivity index (χ1n) is 5.70. The van der Waals surface area contributed by atoms with E-state index in [1.807, 2.05) is 6.92 Å². The van der Waals surface area contributed by atoms with Gasteiger partial charge in [-0.05, 0) is 31.4 Å². The summed E-state index contributed by atoms with van der Waals surface area (Å²) in [6, 6.07) is 2.06. The third-order valence-electron chi connectivity index (χ3n) is 3.24. The van der Waals surface area contributed by atoms with Gasteiger partial charge in [0, 0.05) is 20.2 Å². The molecule has 2 N–H and O–H groups in total. The predicted octanol–water partition coefficient (Wildman–Crippen LogP) is 1.59. The number of pyridine rings is 1. The zero-order chi connectivity index (χ0) is 11.5. The molecule has 1 fully saturated rings. The van der Waals surface area contributed by atoms with Gasteiger partial charge in [0.1, 0.15) is 5.82 Å². The van der Waals surface area contributed by atoms with E-state index in [9.17, 15) is 0 Å². The van der Waals surface area contributed by atoms with Gasteiger partial charge in [-0.25, -0.2) is 4.98 Å². The van der Waals surface area contributed by atoms with Gasteiger partial charge in [-0.3, -0.25) is 0 Å². The summed E-state index contributed by atoms with van der Waals surface area (Å²) in [7, 11) is 1.78. The van der Waals surface area contributed by atoms with Crippen molar-refractivity contribution in [2.75, 3.05) is 30.8 Å². The molecule has 16 heavy (non-hydrogen) atoms. The standard InChI is InChI=1S/C12H19N3O/c1-9-7-12(14-8-11(9)13)15-5-3-10(16-2)4-6-15/h7-8,10H,3-6,13H2,1-2H3. The van der Waals surface area contributed by atoms with Crippen molar-refractivity contribution in [1.29, 1.82) is 0 Å². The molecule has 1 aliphatic rings. The minimum atomic E-state index is 0.408. The zero-order valence-corrected chi connectivity index (χ0v) is 9.94. The molecule has 0 atom stereocenters. The number of ether oxygens (including phenoxy) is 1. The van der Waals surface area contributed by atoms with Crippen LogP contribution < -0.4 is 10.6 Å². The molecule has 0 spiro atoms. The average Bonchev–Trinajstić information content (AvgIpc) is 2.33. The molecule has 0 aromatic carbocycles. The first kappa shape index (κ1) is 11.2. The molecule has 88 valence electrons. The van der Waals surface area contributed by atoms with Crippen molar-refractivity contribution in [3.8, 4) is 0 Å². The molecular formula is C12H19N3O. The van der Waals surface area contributed by atoms with Crippen molar-refractivity contribution in [3.05, 3.63) is 17.8 Å². The van der Waals surface area contributed by atoms with Crippen LogP contribution in [0.15, 0.2) is 12.3 Å². The molecule has 0 unspecified atom stereocenters. The van der Waals surface area contributed by atoms with Crippen LogP contribution in [0.2, 0.25) is 0 Å². The SMILES string of the molecule is COC1CCN(c2cc(C)c(N)cn2)CC1. The number of aromatic nitrogens is 1. The molecule has 4 nitrogen and oxygen atoms in total. The maximum absolute atomic E-state index is 5.76. The number of methoxy groups -OCH3 is 1. The summed E-state index contributed by atoms with van der Waals surface area (Å²) in [4.78, 5) is 6.67. The van der Waals surface area contributed by atoms with Gasteiger partial charge in [0.15, 0.2) is 0 Å². The Kier molecular flexibility index (Phi) is 3.29. The molecule has 1 aliphatic heterocycles. The van der Waals surface area contributed by atoms with E-state index in [1.165, 1.54) is 0 Å². The quantitative estimate of drug-likeness (QED) is 0.824. The highest BCUT2D eigenvalue weighted by Gasteiger charge is 2.19. The largest absolute Gasteiger partial charge is 0.397 e. The lowest BCUT2D eigenvalue weighted by Gasteiger charge is -2.32. The number of anilines is 2. The first-order valence-corrected chi connectivity index (χ1v) is 5.70. The van der Waals surface area contributed by atoms with E-state index >= 15 is 0 Å². The van der Waals surface area contributed by atoms with Crippen LogP contribution in [0.3, 0.4) is 0 Å². The Morgan fingerprint density at radius 1 is 1.44 bits per heavy atom. The Morgan fingerprint density at radius 2 is 2.12 bits per heavy atom. The fourth-order valence-electron chi connectivity index (χ4n) is 2.05. The maximum atomic E-state index is 5.76. The lowest BCUT2D eigenvalue weighted by Crippen LogP contribution is -2.37. The number of hydrogen-bond donors (Lipinski definition) is 1. The number of nitrogen functional groups attached to an aromatic ring is 1. The van der Waals surface area contributed by atoms with Crippen molar-refractivity contribution in [3.63, 3.8) is 0 Å². The molecule has 2 rings (SSSR count). The lowest BCUT2D eigenvalue weighted by atomic mass is 10.1. The van der Waals surface area contributed by atoms with E-state index < -0.39 is 0 Å². The minimum Gasteiger partial charge on any atom is -0.397 e. The first-order chi connectivity index (χ1) is 7.70. The van der Waals surface area contributed by atoms with Gasteiger partial charge in [0.25, 0.3) is 0 Å². The second kappa shape index (κ2) is 4.70. The summed E-state index contributed by atoms with van der Waals surface area (Å²) in [6.45, 7) is 4.03. The van der Waals surface area contributed by atoms with Crippen molar-refractivity contribution in [2.45, 2.75) is 25.9 Å². The Bertz CT molecular complexity index is 359. The van der Waals surface area contributed by atoms with Gasteiger partial charge in [-0.15, -0.1) is 0 Å². The second-order valence-corrected chi connectivity index (χ2v) is 4.32. The highest BCUT2D eigenvalue weighted by atomic mass is 16.5. The Labute approximate surface area is 96.4 Å². The van der Waals surface area contributed by atoms with Crippen molar-refractivity contribution >= 4 is 11.5 Å². The van der Waals surface area contributed by atoms with Gasteiger partial charge in [-0.2, -0.15) is 0 Å². The van der Waals surface area contributed by atoms with Crippen LogP contribution in [0.1, 0.15) is 18.4 Å². The highest BCUT2D eigenvalue weighted by molar-refractivity contribution is 5.52. The minimum absolute atomic E-state index is 0.408. The third-order valence-corrected chi connectivity index (χ3v) is 3.24. The van der Waals surface area contributed by atoms with Gasteiger partial charge < -0.3 is 15.4 Å². The molecule has 1 aromatic rings. The summed E-state index contributed by atoms with van der Waals surface area (Å²) in [6.07, 6.45) is 4.29. The normalized spacial score (nSPS) is 17.8. The Balaban J connectivity index is 2.05. The molecule has 1 saturated heterocycles. The van der Waals surface area contributed by atoms with Crippen LogP contribution in [0.25, 0.3) is 0 Å². The van der Waals surface area contributed by atoms with Crippen LogP contribution in [-0.4, -0.2) is 31.3 Å². The van der Waals surface area contributed by atoms with E-state index in [0.717, 1.165) is 43.0 Å². The number of nitrogens with two attached hydrogens (primary N) is 1. The molecule has 0 aliphatic carbocycles. The summed E-state index contributed by atoms with van der Waals surface area (Å²) in [5.41, 5.74) is 7.62. The smallest absolute Gasteiger partial charge is 0.128 e. The van der Waals surface area contributed by atoms with Gasteiger partial charge in [0.05, 0.1) is 18.0 Å². The molecule has 0 saturated carbocycles. The summed E-state index contributed by atoms with van der Waals surface area (Å²) in [5, 5.41) is 0. The second-order valence-electron chi connectivity index (χ2n) is 4.32. The van der Waals surface area contributed by atoms with Crippen LogP contribution in [0.4, 0.5) is 11.5 Å². The van der Waals surface area contributed by atoms with E-state index in [1.54, 1.807) is 13.3 Å². The van der Waals surface area contributed by atoms with Crippen LogP contribution in [0, 0.1) is 6.92 Å². The van der Waals surface area contributed by atoms with Crippen LogP contribution in [0.5, 0.6) is 0 Å². The molecule has 4 heteroatoms. The number of piperidine rings is 1. The predicted molar refractivity (Wildman–Crippen MR) is 65.6 cm³/mol. The average molecular weight is 221 g/mol. The number of aryl methyl sites for hydroxylation is 1. The van der Waals surface area contributed by atoms with E-state index in [-0.39, 0.29) is 0 Å². The molecule has 2 heterocycles. The summed E-state index contributed by atoms with van der Waals surface area (Å²) in [5.74, 6) is 1.03. The Hall–Kier alpha value is -1.29. The van der Waals surface area contributed by atoms with E-state index in [0.29, 0.717) is 6.10 Å². The van der Waals surface area contributed by atoms with Crippen molar-refractivity contribution < 1.29 is 4.74 Å². The summed E-state index contributed by atoms with van der Waals surface area (Å²) < 4.78 is 5.35. The molecule has 1 aromatic heterocycles. The van der Waals surface area contributed by atoms with Crippen molar-refractivity contribution in [1.82, 2.24) is 4.98 Å². The number of hydrogen-bond acceptors (Lipinski definition) is 4. The fourth-order valence-corrected chi connectivity index (χ4v) is 2.05. The highest BCUT2D eigenvalue weighted by Crippen LogP contribution is 2.21. The van der Waals surface area contributed by atoms with Crippen LogP contribution >= 0.6 is 0 Å². The molecule has 0 bridgehead atoms. The van der Waals surface area contributed by atoms with Gasteiger partial charge >= 0.3 is 0 Å². The number of nitrogens with zero attached hydrogens (tertiary/aromatic N) is 2. The number of rotatable bonds is 2. The molecule has 0 radical (unpaired) electrons. The Morgan fingerprint density at radius 3 is 2.69 bits per heavy atom. The fraction of sp³-hybridized carbons (Fsp3) is 0.583. The van der Waals surface area contributed by atoms with E-state index in [4.69, 9.17) is 10.5 Å².